The minimum absolute atomic E-state index is 0.0473. The molecule has 1 aromatic rings. The molecular weight excluding hydrogens is 268 g/mol. The van der Waals surface area contributed by atoms with Crippen molar-refractivity contribution in [1.82, 2.24) is 10.2 Å². The third kappa shape index (κ3) is 3.92. The second-order valence-corrected chi connectivity index (χ2v) is 5.11. The summed E-state index contributed by atoms with van der Waals surface area (Å²) in [5, 5.41) is 11.5. The van der Waals surface area contributed by atoms with Crippen molar-refractivity contribution in [1.29, 1.82) is 0 Å². The van der Waals surface area contributed by atoms with Crippen LogP contribution in [0.3, 0.4) is 0 Å². The van der Waals surface area contributed by atoms with Gasteiger partial charge in [0.25, 0.3) is 0 Å². The van der Waals surface area contributed by atoms with Gasteiger partial charge in [-0.1, -0.05) is 24.3 Å². The molecule has 1 saturated heterocycles. The second kappa shape index (κ2) is 7.04. The van der Waals surface area contributed by atoms with E-state index in [1.165, 1.54) is 0 Å². The normalized spacial score (nSPS) is 19.0. The summed E-state index contributed by atoms with van der Waals surface area (Å²) in [6.07, 6.45) is 4.61. The summed E-state index contributed by atoms with van der Waals surface area (Å²) >= 11 is 0. The van der Waals surface area contributed by atoms with Gasteiger partial charge in [0.05, 0.1) is 6.04 Å². The molecule has 0 aliphatic carbocycles. The molecule has 21 heavy (non-hydrogen) atoms. The fraction of sp³-hybridized carbons (Fsp3) is 0.375. The lowest BCUT2D eigenvalue weighted by atomic mass is 10.1. The van der Waals surface area contributed by atoms with Crippen molar-refractivity contribution in [2.45, 2.75) is 25.4 Å². The molecule has 1 heterocycles. The monoisotopic (exact) mass is 288 g/mol. The molecular formula is C16H20N2O3. The molecule has 1 aliphatic rings. The van der Waals surface area contributed by atoms with E-state index in [1.54, 1.807) is 13.1 Å². The molecule has 1 atom stereocenters. The molecule has 0 spiro atoms. The summed E-state index contributed by atoms with van der Waals surface area (Å²) in [6, 6.07) is 7.58. The molecule has 1 fully saturated rings. The fourth-order valence-electron chi connectivity index (χ4n) is 2.70. The van der Waals surface area contributed by atoms with Crippen molar-refractivity contribution < 1.29 is 14.7 Å². The number of carbonyl (C=O) groups is 2. The van der Waals surface area contributed by atoms with Gasteiger partial charge in [0.15, 0.2) is 0 Å². The molecule has 0 radical (unpaired) electrons. The van der Waals surface area contributed by atoms with Gasteiger partial charge in [0.2, 0.25) is 5.91 Å². The van der Waals surface area contributed by atoms with E-state index in [0.29, 0.717) is 6.54 Å². The van der Waals surface area contributed by atoms with Gasteiger partial charge >= 0.3 is 5.97 Å². The van der Waals surface area contributed by atoms with Crippen LogP contribution in [0.2, 0.25) is 0 Å². The van der Waals surface area contributed by atoms with Crippen molar-refractivity contribution in [3.8, 4) is 0 Å². The predicted molar refractivity (Wildman–Crippen MR) is 80.6 cm³/mol. The van der Waals surface area contributed by atoms with E-state index >= 15 is 0 Å². The summed E-state index contributed by atoms with van der Waals surface area (Å²) in [6.45, 7) is 1.54. The van der Waals surface area contributed by atoms with E-state index in [0.717, 1.165) is 36.6 Å². The molecule has 1 unspecified atom stereocenters. The van der Waals surface area contributed by atoms with Crippen molar-refractivity contribution in [3.63, 3.8) is 0 Å². The zero-order valence-corrected chi connectivity index (χ0v) is 12.1. The van der Waals surface area contributed by atoms with Gasteiger partial charge in [-0.15, -0.1) is 0 Å². The number of hydrogen-bond donors (Lipinski definition) is 2. The number of nitrogens with one attached hydrogen (secondary N) is 1. The first-order chi connectivity index (χ1) is 10.1. The lowest BCUT2D eigenvalue weighted by Gasteiger charge is -2.23. The van der Waals surface area contributed by atoms with Crippen LogP contribution in [-0.2, 0) is 16.1 Å². The highest BCUT2D eigenvalue weighted by Crippen LogP contribution is 2.22. The maximum atomic E-state index is 11.9. The molecule has 2 N–H and O–H groups in total. The Kier molecular flexibility index (Phi) is 5.11. The minimum Gasteiger partial charge on any atom is -0.478 e. The van der Waals surface area contributed by atoms with Crippen LogP contribution in [0.4, 0.5) is 0 Å². The van der Waals surface area contributed by atoms with Crippen LogP contribution in [0.5, 0.6) is 0 Å². The third-order valence-corrected chi connectivity index (χ3v) is 3.75. The van der Waals surface area contributed by atoms with Crippen LogP contribution in [0.15, 0.2) is 30.3 Å². The summed E-state index contributed by atoms with van der Waals surface area (Å²) in [7, 11) is 1.66. The van der Waals surface area contributed by atoms with Gasteiger partial charge < -0.3 is 10.4 Å². The van der Waals surface area contributed by atoms with E-state index in [4.69, 9.17) is 5.11 Å². The lowest BCUT2D eigenvalue weighted by molar-refractivity contribution is -0.131. The van der Waals surface area contributed by atoms with E-state index < -0.39 is 5.97 Å². The molecule has 1 amide bonds. The second-order valence-electron chi connectivity index (χ2n) is 5.11. The molecule has 2 rings (SSSR count). The molecule has 1 aliphatic heterocycles. The van der Waals surface area contributed by atoms with Crippen LogP contribution in [-0.4, -0.2) is 41.5 Å². The summed E-state index contributed by atoms with van der Waals surface area (Å²) in [5.74, 6) is -0.916. The number of carboxylic acids is 1. The average molecular weight is 288 g/mol. The number of likely N-dealkylation sites (tertiary alicyclic amines) is 1. The summed E-state index contributed by atoms with van der Waals surface area (Å²) in [5.41, 5.74) is 1.91. The minimum atomic E-state index is -0.964. The van der Waals surface area contributed by atoms with E-state index in [-0.39, 0.29) is 11.9 Å². The number of amides is 1. The number of nitrogens with zero attached hydrogens (tertiary/aromatic N) is 1. The van der Waals surface area contributed by atoms with E-state index in [1.807, 2.05) is 24.3 Å². The highest BCUT2D eigenvalue weighted by Gasteiger charge is 2.29. The Hall–Kier alpha value is -2.14. The Balaban J connectivity index is 2.15. The molecule has 0 saturated carbocycles. The average Bonchev–Trinajstić information content (AvgIpc) is 2.93. The molecule has 5 heteroatoms. The van der Waals surface area contributed by atoms with Gasteiger partial charge in [-0.25, -0.2) is 4.79 Å². The Morgan fingerprint density at radius 3 is 2.90 bits per heavy atom. The standard InChI is InChI=1S/C16H20N2O3/c1-17-16(21)14-7-4-10-18(14)11-13-6-3-2-5-12(13)8-9-15(19)20/h2-3,5-6,8-9,14H,4,7,10-11H2,1H3,(H,17,21)(H,19,20). The van der Waals surface area contributed by atoms with Crippen LogP contribution in [0, 0.1) is 0 Å². The van der Waals surface area contributed by atoms with Gasteiger partial charge in [0.1, 0.15) is 0 Å². The largest absolute Gasteiger partial charge is 0.478 e. The van der Waals surface area contributed by atoms with E-state index in [2.05, 4.69) is 10.2 Å². The third-order valence-electron chi connectivity index (χ3n) is 3.75. The zero-order chi connectivity index (χ0) is 15.2. The van der Waals surface area contributed by atoms with Crippen LogP contribution >= 0.6 is 0 Å². The first-order valence-corrected chi connectivity index (χ1v) is 7.06. The number of carboxylic acid groups (broad SMARTS) is 1. The highest BCUT2D eigenvalue weighted by atomic mass is 16.4. The maximum Gasteiger partial charge on any atom is 0.328 e. The van der Waals surface area contributed by atoms with Crippen molar-refractivity contribution in [3.05, 3.63) is 41.5 Å². The predicted octanol–water partition coefficient (Wildman–Crippen LogP) is 1.49. The Labute approximate surface area is 124 Å². The van der Waals surface area contributed by atoms with Crippen LogP contribution in [0.25, 0.3) is 6.08 Å². The number of rotatable bonds is 5. The molecule has 1 aromatic carbocycles. The summed E-state index contributed by atoms with van der Waals surface area (Å²) < 4.78 is 0. The quantitative estimate of drug-likeness (QED) is 0.806. The van der Waals surface area contributed by atoms with Gasteiger partial charge in [-0.2, -0.15) is 0 Å². The SMILES string of the molecule is CNC(=O)C1CCCN1Cc1ccccc1C=CC(=O)O. The number of aliphatic carboxylic acids is 1. The maximum absolute atomic E-state index is 11.9. The number of likely N-dealkylation sites (N-methyl/N-ethyl adjacent to an activating group) is 1. The number of benzene rings is 1. The topological polar surface area (TPSA) is 69.6 Å². The Morgan fingerprint density at radius 2 is 2.19 bits per heavy atom. The van der Waals surface area contributed by atoms with Crippen molar-refractivity contribution >= 4 is 18.0 Å². The molecule has 112 valence electrons. The molecule has 5 nitrogen and oxygen atoms in total. The van der Waals surface area contributed by atoms with Gasteiger partial charge in [-0.05, 0) is 36.6 Å². The van der Waals surface area contributed by atoms with E-state index in [9.17, 15) is 9.59 Å². The fourth-order valence-corrected chi connectivity index (χ4v) is 2.70. The van der Waals surface area contributed by atoms with Crippen molar-refractivity contribution in [2.75, 3.05) is 13.6 Å². The number of carbonyl (C=O) groups excluding carboxylic acids is 1. The highest BCUT2D eigenvalue weighted by molar-refractivity contribution is 5.85. The van der Waals surface area contributed by atoms with Crippen molar-refractivity contribution in [2.24, 2.45) is 0 Å². The smallest absolute Gasteiger partial charge is 0.328 e. The van der Waals surface area contributed by atoms with Gasteiger partial charge in [0, 0.05) is 19.7 Å². The van der Waals surface area contributed by atoms with Crippen LogP contribution in [0.1, 0.15) is 24.0 Å². The number of hydrogen-bond acceptors (Lipinski definition) is 3. The van der Waals surface area contributed by atoms with Gasteiger partial charge in [-0.3, -0.25) is 9.69 Å². The Morgan fingerprint density at radius 1 is 1.43 bits per heavy atom. The lowest BCUT2D eigenvalue weighted by Crippen LogP contribution is -2.41. The Bertz CT molecular complexity index is 554. The molecule has 0 aromatic heterocycles. The summed E-state index contributed by atoms with van der Waals surface area (Å²) in [4.78, 5) is 24.7. The van der Waals surface area contributed by atoms with Crippen LogP contribution < -0.4 is 5.32 Å². The zero-order valence-electron chi connectivity index (χ0n) is 12.1. The first kappa shape index (κ1) is 15.3. The first-order valence-electron chi connectivity index (χ1n) is 7.06. The molecule has 0 bridgehead atoms.